The van der Waals surface area contributed by atoms with Crippen molar-refractivity contribution in [1.29, 1.82) is 0 Å². The van der Waals surface area contributed by atoms with Crippen LogP contribution in [0, 0.1) is 17.8 Å². The van der Waals surface area contributed by atoms with Gasteiger partial charge in [0.05, 0.1) is 0 Å². The summed E-state index contributed by atoms with van der Waals surface area (Å²) in [7, 11) is 0. The van der Waals surface area contributed by atoms with Crippen LogP contribution in [-0.4, -0.2) is 6.04 Å². The summed E-state index contributed by atoms with van der Waals surface area (Å²) in [5.41, 5.74) is 6.22. The SMILES string of the molecule is CCC(C)C(N)C1CCCC1C. The van der Waals surface area contributed by atoms with Gasteiger partial charge in [-0.15, -0.1) is 0 Å². The van der Waals surface area contributed by atoms with Crippen LogP contribution in [0.25, 0.3) is 0 Å². The van der Waals surface area contributed by atoms with Crippen LogP contribution in [0.2, 0.25) is 0 Å². The monoisotopic (exact) mass is 169 g/mol. The first-order chi connectivity index (χ1) is 5.66. The van der Waals surface area contributed by atoms with Gasteiger partial charge in [-0.05, 0) is 24.2 Å². The summed E-state index contributed by atoms with van der Waals surface area (Å²) in [4.78, 5) is 0. The van der Waals surface area contributed by atoms with Gasteiger partial charge in [-0.25, -0.2) is 0 Å². The summed E-state index contributed by atoms with van der Waals surface area (Å²) in [5, 5.41) is 0. The summed E-state index contributed by atoms with van der Waals surface area (Å²) in [6, 6.07) is 0.451. The van der Waals surface area contributed by atoms with E-state index >= 15 is 0 Å². The highest BCUT2D eigenvalue weighted by molar-refractivity contribution is 4.85. The lowest BCUT2D eigenvalue weighted by Crippen LogP contribution is -2.37. The van der Waals surface area contributed by atoms with Gasteiger partial charge in [0.2, 0.25) is 0 Å². The van der Waals surface area contributed by atoms with Gasteiger partial charge in [0.15, 0.2) is 0 Å². The molecule has 0 radical (unpaired) electrons. The van der Waals surface area contributed by atoms with E-state index in [-0.39, 0.29) is 0 Å². The van der Waals surface area contributed by atoms with E-state index in [1.54, 1.807) is 0 Å². The Morgan fingerprint density at radius 3 is 2.50 bits per heavy atom. The van der Waals surface area contributed by atoms with E-state index in [0.717, 1.165) is 11.8 Å². The smallest absolute Gasteiger partial charge is 0.00954 e. The number of hydrogen-bond acceptors (Lipinski definition) is 1. The first-order valence-corrected chi connectivity index (χ1v) is 5.42. The molecule has 0 aromatic rings. The van der Waals surface area contributed by atoms with Crippen LogP contribution in [0.3, 0.4) is 0 Å². The summed E-state index contributed by atoms with van der Waals surface area (Å²) >= 11 is 0. The second-order valence-corrected chi connectivity index (χ2v) is 4.53. The Labute approximate surface area is 76.7 Å². The highest BCUT2D eigenvalue weighted by atomic mass is 14.7. The molecular formula is C11H23N. The van der Waals surface area contributed by atoms with E-state index in [0.29, 0.717) is 12.0 Å². The summed E-state index contributed by atoms with van der Waals surface area (Å²) in [5.74, 6) is 2.38. The van der Waals surface area contributed by atoms with Gasteiger partial charge in [0, 0.05) is 6.04 Å². The minimum absolute atomic E-state index is 0.451. The quantitative estimate of drug-likeness (QED) is 0.690. The van der Waals surface area contributed by atoms with Crippen molar-refractivity contribution in [3.05, 3.63) is 0 Å². The molecule has 1 heteroatoms. The van der Waals surface area contributed by atoms with Crippen molar-refractivity contribution < 1.29 is 0 Å². The van der Waals surface area contributed by atoms with Gasteiger partial charge in [0.25, 0.3) is 0 Å². The van der Waals surface area contributed by atoms with Crippen LogP contribution >= 0.6 is 0 Å². The zero-order valence-corrected chi connectivity index (χ0v) is 8.72. The van der Waals surface area contributed by atoms with Crippen molar-refractivity contribution in [1.82, 2.24) is 0 Å². The molecular weight excluding hydrogens is 146 g/mol. The Bertz CT molecular complexity index is 133. The molecule has 0 saturated heterocycles. The van der Waals surface area contributed by atoms with Crippen molar-refractivity contribution in [2.75, 3.05) is 0 Å². The molecule has 1 saturated carbocycles. The van der Waals surface area contributed by atoms with Crippen LogP contribution in [0.4, 0.5) is 0 Å². The van der Waals surface area contributed by atoms with Crippen molar-refractivity contribution >= 4 is 0 Å². The van der Waals surface area contributed by atoms with Crippen molar-refractivity contribution in [2.45, 2.75) is 52.5 Å². The third kappa shape index (κ3) is 2.01. The standard InChI is InChI=1S/C11H23N/c1-4-8(2)11(12)10-7-5-6-9(10)3/h8-11H,4-7,12H2,1-3H3. The predicted octanol–water partition coefficient (Wildman–Crippen LogP) is 2.80. The largest absolute Gasteiger partial charge is 0.327 e. The normalized spacial score (nSPS) is 35.0. The molecule has 4 unspecified atom stereocenters. The number of hydrogen-bond donors (Lipinski definition) is 1. The molecule has 0 aliphatic heterocycles. The maximum Gasteiger partial charge on any atom is 0.00954 e. The zero-order chi connectivity index (χ0) is 9.14. The van der Waals surface area contributed by atoms with E-state index < -0.39 is 0 Å². The first-order valence-electron chi connectivity index (χ1n) is 5.42. The molecule has 0 aromatic heterocycles. The average molecular weight is 169 g/mol. The summed E-state index contributed by atoms with van der Waals surface area (Å²) in [6.07, 6.45) is 5.39. The molecule has 1 nitrogen and oxygen atoms in total. The van der Waals surface area contributed by atoms with E-state index in [2.05, 4.69) is 20.8 Å². The van der Waals surface area contributed by atoms with Gasteiger partial charge in [-0.1, -0.05) is 40.0 Å². The summed E-state index contributed by atoms with van der Waals surface area (Å²) < 4.78 is 0. The van der Waals surface area contributed by atoms with Crippen molar-refractivity contribution in [3.63, 3.8) is 0 Å². The molecule has 72 valence electrons. The minimum Gasteiger partial charge on any atom is -0.327 e. The van der Waals surface area contributed by atoms with Gasteiger partial charge in [-0.3, -0.25) is 0 Å². The van der Waals surface area contributed by atoms with Crippen LogP contribution in [-0.2, 0) is 0 Å². The molecule has 0 amide bonds. The zero-order valence-electron chi connectivity index (χ0n) is 8.72. The maximum atomic E-state index is 6.22. The molecule has 1 aliphatic carbocycles. The maximum absolute atomic E-state index is 6.22. The molecule has 2 N–H and O–H groups in total. The molecule has 0 aromatic carbocycles. The van der Waals surface area contributed by atoms with Crippen LogP contribution < -0.4 is 5.73 Å². The highest BCUT2D eigenvalue weighted by Gasteiger charge is 2.30. The number of rotatable bonds is 3. The molecule has 12 heavy (non-hydrogen) atoms. The Hall–Kier alpha value is -0.0400. The fraction of sp³-hybridized carbons (Fsp3) is 1.00. The lowest BCUT2D eigenvalue weighted by molar-refractivity contribution is 0.272. The predicted molar refractivity (Wildman–Crippen MR) is 53.9 cm³/mol. The minimum atomic E-state index is 0.451. The van der Waals surface area contributed by atoms with Gasteiger partial charge in [-0.2, -0.15) is 0 Å². The van der Waals surface area contributed by atoms with Gasteiger partial charge in [0.1, 0.15) is 0 Å². The second kappa shape index (κ2) is 4.27. The molecule has 4 atom stereocenters. The Balaban J connectivity index is 2.45. The fourth-order valence-electron chi connectivity index (χ4n) is 2.44. The molecule has 1 fully saturated rings. The molecule has 1 aliphatic rings. The van der Waals surface area contributed by atoms with E-state index in [1.807, 2.05) is 0 Å². The van der Waals surface area contributed by atoms with E-state index in [1.165, 1.54) is 25.7 Å². The third-order valence-corrected chi connectivity index (χ3v) is 3.72. The first kappa shape index (κ1) is 10.0. The topological polar surface area (TPSA) is 26.0 Å². The molecule has 0 spiro atoms. The summed E-state index contributed by atoms with van der Waals surface area (Å²) in [6.45, 7) is 6.89. The van der Waals surface area contributed by atoms with Gasteiger partial charge >= 0.3 is 0 Å². The second-order valence-electron chi connectivity index (χ2n) is 4.53. The van der Waals surface area contributed by atoms with Crippen LogP contribution in [0.5, 0.6) is 0 Å². The average Bonchev–Trinajstić information content (AvgIpc) is 2.48. The van der Waals surface area contributed by atoms with Gasteiger partial charge < -0.3 is 5.73 Å². The molecule has 0 bridgehead atoms. The lowest BCUT2D eigenvalue weighted by atomic mass is 9.83. The van der Waals surface area contributed by atoms with E-state index in [4.69, 9.17) is 5.73 Å². The van der Waals surface area contributed by atoms with Crippen molar-refractivity contribution in [3.8, 4) is 0 Å². The Morgan fingerprint density at radius 1 is 1.42 bits per heavy atom. The molecule has 0 heterocycles. The van der Waals surface area contributed by atoms with Crippen molar-refractivity contribution in [2.24, 2.45) is 23.5 Å². The molecule has 1 rings (SSSR count). The Morgan fingerprint density at radius 2 is 2.08 bits per heavy atom. The Kier molecular flexibility index (Phi) is 3.57. The number of nitrogens with two attached hydrogens (primary N) is 1. The lowest BCUT2D eigenvalue weighted by Gasteiger charge is -2.27. The van der Waals surface area contributed by atoms with Crippen LogP contribution in [0.15, 0.2) is 0 Å². The fourth-order valence-corrected chi connectivity index (χ4v) is 2.44. The van der Waals surface area contributed by atoms with E-state index in [9.17, 15) is 0 Å². The van der Waals surface area contributed by atoms with Crippen LogP contribution in [0.1, 0.15) is 46.5 Å². The highest BCUT2D eigenvalue weighted by Crippen LogP contribution is 2.35. The third-order valence-electron chi connectivity index (χ3n) is 3.72.